The van der Waals surface area contributed by atoms with Crippen LogP contribution in [0.3, 0.4) is 0 Å². The van der Waals surface area contributed by atoms with Crippen LogP contribution in [-0.4, -0.2) is 57.7 Å². The van der Waals surface area contributed by atoms with Crippen molar-refractivity contribution in [3.05, 3.63) is 33.4 Å². The van der Waals surface area contributed by atoms with Crippen LogP contribution < -0.4 is 5.63 Å². The zero-order valence-corrected chi connectivity index (χ0v) is 13.5. The van der Waals surface area contributed by atoms with E-state index in [1.807, 2.05) is 6.92 Å². The Kier molecular flexibility index (Phi) is 4.78. The Morgan fingerprint density at radius 3 is 2.58 bits per heavy atom. The lowest BCUT2D eigenvalue weighted by Gasteiger charge is -2.40. The zero-order chi connectivity index (χ0) is 17.6. The van der Waals surface area contributed by atoms with Gasteiger partial charge in [-0.15, -0.1) is 0 Å². The van der Waals surface area contributed by atoms with Crippen molar-refractivity contribution in [2.45, 2.75) is 63.0 Å². The molecule has 8 nitrogen and oxygen atoms in total. The third kappa shape index (κ3) is 2.79. The zero-order valence-electron chi connectivity index (χ0n) is 13.5. The van der Waals surface area contributed by atoms with E-state index in [0.717, 1.165) is 5.56 Å². The molecule has 0 spiro atoms. The lowest BCUT2D eigenvalue weighted by molar-refractivity contribution is -0.312. The molecule has 134 valence electrons. The van der Waals surface area contributed by atoms with Crippen molar-refractivity contribution in [3.8, 4) is 0 Å². The lowest BCUT2D eigenvalue weighted by Crippen LogP contribution is -2.59. The van der Waals surface area contributed by atoms with E-state index in [9.17, 15) is 25.2 Å². The van der Waals surface area contributed by atoms with E-state index in [4.69, 9.17) is 13.9 Å². The first-order valence-corrected chi connectivity index (χ1v) is 7.93. The van der Waals surface area contributed by atoms with Crippen molar-refractivity contribution in [1.29, 1.82) is 0 Å². The van der Waals surface area contributed by atoms with E-state index < -0.39 is 49.0 Å². The van der Waals surface area contributed by atoms with Crippen molar-refractivity contribution in [1.82, 2.24) is 0 Å². The summed E-state index contributed by atoms with van der Waals surface area (Å²) in [5.41, 5.74) is 1.59. The van der Waals surface area contributed by atoms with Crippen LogP contribution in [0.25, 0.3) is 0 Å². The highest BCUT2D eigenvalue weighted by molar-refractivity contribution is 5.38. The molecule has 1 saturated heterocycles. The van der Waals surface area contributed by atoms with Crippen LogP contribution in [0.4, 0.5) is 0 Å². The summed E-state index contributed by atoms with van der Waals surface area (Å²) in [7, 11) is 0. The second-order valence-corrected chi connectivity index (χ2v) is 6.49. The van der Waals surface area contributed by atoms with Crippen molar-refractivity contribution < 1.29 is 34.3 Å². The number of aliphatic hydroxyl groups is 4. The minimum atomic E-state index is -1.50. The molecule has 24 heavy (non-hydrogen) atoms. The van der Waals surface area contributed by atoms with Crippen molar-refractivity contribution in [2.75, 3.05) is 6.61 Å². The van der Waals surface area contributed by atoms with Gasteiger partial charge in [0.05, 0.1) is 19.0 Å². The van der Waals surface area contributed by atoms with Crippen molar-refractivity contribution >= 4 is 0 Å². The highest BCUT2D eigenvalue weighted by Gasteiger charge is 2.46. The maximum absolute atomic E-state index is 12.0. The molecule has 1 fully saturated rings. The lowest BCUT2D eigenvalue weighted by atomic mass is 9.99. The average molecular weight is 342 g/mol. The molecule has 1 aromatic rings. The monoisotopic (exact) mass is 342 g/mol. The summed E-state index contributed by atoms with van der Waals surface area (Å²) < 4.78 is 16.2. The normalized spacial score (nSPS) is 39.0. The Hall–Kier alpha value is -1.29. The van der Waals surface area contributed by atoms with E-state index in [1.54, 1.807) is 6.92 Å². The van der Waals surface area contributed by atoms with Gasteiger partial charge in [0.15, 0.2) is 6.29 Å². The molecule has 1 aromatic heterocycles. The largest absolute Gasteiger partial charge is 0.431 e. The number of fused-ring (bicyclic) bond motifs is 1. The topological polar surface area (TPSA) is 130 Å². The van der Waals surface area contributed by atoms with E-state index in [-0.39, 0.29) is 5.92 Å². The van der Waals surface area contributed by atoms with E-state index in [2.05, 4.69) is 0 Å². The molecule has 2 aliphatic rings. The Morgan fingerprint density at radius 1 is 1.21 bits per heavy atom. The highest BCUT2D eigenvalue weighted by Crippen LogP contribution is 2.43. The Labute approximate surface area is 138 Å². The molecule has 0 bridgehead atoms. The molecule has 7 unspecified atom stereocenters. The summed E-state index contributed by atoms with van der Waals surface area (Å²) >= 11 is 0. The molecule has 1 aliphatic heterocycles. The predicted octanol–water partition coefficient (Wildman–Crippen LogP) is -0.687. The van der Waals surface area contributed by atoms with Gasteiger partial charge in [0, 0.05) is 5.56 Å². The minimum Gasteiger partial charge on any atom is -0.431 e. The van der Waals surface area contributed by atoms with Gasteiger partial charge in [-0.3, -0.25) is 0 Å². The number of hydrogen-bond donors (Lipinski definition) is 4. The first-order valence-electron chi connectivity index (χ1n) is 7.93. The van der Waals surface area contributed by atoms with Crippen LogP contribution in [0.2, 0.25) is 0 Å². The van der Waals surface area contributed by atoms with Crippen molar-refractivity contribution in [2.24, 2.45) is 0 Å². The summed E-state index contributed by atoms with van der Waals surface area (Å²) in [4.78, 5) is 12.0. The standard InChI is InChI=1S/C16H22O8/c1-6-3-8(10-7(2)5-22-15(21)11(6)10)23-16-14(20)13(19)12(18)9(4-17)24-16/h5-6,8-9,12-14,16-20H,3-4H2,1-2H3. The fourth-order valence-electron chi connectivity index (χ4n) is 3.51. The first-order chi connectivity index (χ1) is 11.3. The second kappa shape index (κ2) is 6.55. The number of rotatable bonds is 3. The summed E-state index contributed by atoms with van der Waals surface area (Å²) in [6, 6.07) is 0. The summed E-state index contributed by atoms with van der Waals surface area (Å²) in [5, 5.41) is 39.0. The van der Waals surface area contributed by atoms with Gasteiger partial charge in [0.2, 0.25) is 0 Å². The summed E-state index contributed by atoms with van der Waals surface area (Å²) in [6.45, 7) is 3.15. The van der Waals surface area contributed by atoms with Crippen LogP contribution in [0.5, 0.6) is 0 Å². The van der Waals surface area contributed by atoms with Gasteiger partial charge in [-0.25, -0.2) is 4.79 Å². The quantitative estimate of drug-likeness (QED) is 0.568. The number of ether oxygens (including phenoxy) is 2. The van der Waals surface area contributed by atoms with E-state index >= 15 is 0 Å². The average Bonchev–Trinajstić information content (AvgIpc) is 2.89. The summed E-state index contributed by atoms with van der Waals surface area (Å²) in [6.07, 6.45) is -5.32. The maximum atomic E-state index is 12.0. The summed E-state index contributed by atoms with van der Waals surface area (Å²) in [5.74, 6) is -0.0777. The molecule has 0 aromatic carbocycles. The van der Waals surface area contributed by atoms with Crippen LogP contribution in [0.1, 0.15) is 42.1 Å². The molecule has 3 rings (SSSR count). The second-order valence-electron chi connectivity index (χ2n) is 6.49. The van der Waals surface area contributed by atoms with Crippen LogP contribution in [-0.2, 0) is 9.47 Å². The minimum absolute atomic E-state index is 0.0777. The fourth-order valence-corrected chi connectivity index (χ4v) is 3.51. The van der Waals surface area contributed by atoms with Gasteiger partial charge in [-0.05, 0) is 30.4 Å². The molecular weight excluding hydrogens is 320 g/mol. The SMILES string of the molecule is Cc1coc(=O)c2c1C(OC1OC(CO)C(O)C(O)C1O)CC2C. The van der Waals surface area contributed by atoms with Gasteiger partial charge in [-0.2, -0.15) is 0 Å². The van der Waals surface area contributed by atoms with Gasteiger partial charge >= 0.3 is 5.63 Å². The molecular formula is C16H22O8. The molecule has 0 amide bonds. The Bertz CT molecular complexity index is 654. The van der Waals surface area contributed by atoms with Crippen LogP contribution >= 0.6 is 0 Å². The molecule has 8 heteroatoms. The predicted molar refractivity (Wildman–Crippen MR) is 80.3 cm³/mol. The van der Waals surface area contributed by atoms with E-state index in [0.29, 0.717) is 17.5 Å². The van der Waals surface area contributed by atoms with Crippen LogP contribution in [0.15, 0.2) is 15.5 Å². The van der Waals surface area contributed by atoms with Crippen LogP contribution in [0, 0.1) is 6.92 Å². The maximum Gasteiger partial charge on any atom is 0.339 e. The molecule has 2 heterocycles. The number of aliphatic hydroxyl groups excluding tert-OH is 4. The van der Waals surface area contributed by atoms with E-state index in [1.165, 1.54) is 6.26 Å². The Balaban J connectivity index is 1.86. The van der Waals surface area contributed by atoms with Gasteiger partial charge in [0.1, 0.15) is 24.4 Å². The van der Waals surface area contributed by atoms with Crippen molar-refractivity contribution in [3.63, 3.8) is 0 Å². The third-order valence-electron chi connectivity index (χ3n) is 4.81. The molecule has 4 N–H and O–H groups in total. The van der Waals surface area contributed by atoms with Gasteiger partial charge < -0.3 is 34.3 Å². The highest BCUT2D eigenvalue weighted by atomic mass is 16.7. The molecule has 7 atom stereocenters. The first kappa shape index (κ1) is 17.5. The fraction of sp³-hybridized carbons (Fsp3) is 0.688. The number of hydrogen-bond acceptors (Lipinski definition) is 8. The van der Waals surface area contributed by atoms with Gasteiger partial charge in [-0.1, -0.05) is 6.92 Å². The number of aryl methyl sites for hydroxylation is 1. The molecule has 1 aliphatic carbocycles. The Morgan fingerprint density at radius 2 is 1.92 bits per heavy atom. The third-order valence-corrected chi connectivity index (χ3v) is 4.81. The molecule has 0 saturated carbocycles. The van der Waals surface area contributed by atoms with Gasteiger partial charge in [0.25, 0.3) is 0 Å². The smallest absolute Gasteiger partial charge is 0.339 e. The molecule has 0 radical (unpaired) electrons.